The summed E-state index contributed by atoms with van der Waals surface area (Å²) >= 11 is 0. The zero-order valence-corrected chi connectivity index (χ0v) is 18.2. The first-order valence-corrected chi connectivity index (χ1v) is 10.8. The highest BCUT2D eigenvalue weighted by Gasteiger charge is 2.72. The zero-order chi connectivity index (χ0) is 23.0. The SMILES string of the molecule is CC(OC(=O)[C@H](C)O)C(=O)OC1=CC[C@@]2(O)[C@H]3Cc4ccc(O)c5c4[C@@]2(CCN3C)[C@H]1O5. The molecular weight excluding hydrogens is 418 g/mol. The number of phenolic OH excluding ortho intramolecular Hbond substituents is 1. The van der Waals surface area contributed by atoms with Crippen LogP contribution in [0.1, 0.15) is 37.8 Å². The van der Waals surface area contributed by atoms with Crippen LogP contribution in [0.5, 0.6) is 11.5 Å². The highest BCUT2D eigenvalue weighted by Crippen LogP contribution is 2.65. The molecule has 2 aliphatic carbocycles. The van der Waals surface area contributed by atoms with Gasteiger partial charge in [-0.3, -0.25) is 0 Å². The van der Waals surface area contributed by atoms with E-state index in [0.29, 0.717) is 25.1 Å². The predicted molar refractivity (Wildman–Crippen MR) is 110 cm³/mol. The quantitative estimate of drug-likeness (QED) is 0.569. The summed E-state index contributed by atoms with van der Waals surface area (Å²) in [6, 6.07) is 3.31. The Bertz CT molecular complexity index is 1040. The molecule has 3 N–H and O–H groups in total. The maximum atomic E-state index is 12.7. The fourth-order valence-corrected chi connectivity index (χ4v) is 5.96. The molecule has 9 nitrogen and oxygen atoms in total. The Balaban J connectivity index is 1.53. The van der Waals surface area contributed by atoms with Gasteiger partial charge in [-0.15, -0.1) is 0 Å². The van der Waals surface area contributed by atoms with Crippen LogP contribution in [0.2, 0.25) is 0 Å². The lowest BCUT2D eigenvalue weighted by Gasteiger charge is -2.61. The van der Waals surface area contributed by atoms with Crippen molar-refractivity contribution in [1.29, 1.82) is 0 Å². The highest BCUT2D eigenvalue weighted by atomic mass is 16.6. The average Bonchev–Trinajstić information content (AvgIpc) is 3.10. The van der Waals surface area contributed by atoms with Crippen molar-refractivity contribution in [3.8, 4) is 11.5 Å². The first-order chi connectivity index (χ1) is 15.1. The topological polar surface area (TPSA) is 126 Å². The Labute approximate surface area is 185 Å². The number of carbonyl (C=O) groups is 2. The third kappa shape index (κ3) is 2.61. The molecule has 0 saturated carbocycles. The molecule has 1 unspecified atom stereocenters. The van der Waals surface area contributed by atoms with Gasteiger partial charge in [-0.2, -0.15) is 0 Å². The van der Waals surface area contributed by atoms with Crippen molar-refractivity contribution < 1.29 is 39.1 Å². The Morgan fingerprint density at radius 2 is 2.03 bits per heavy atom. The van der Waals surface area contributed by atoms with Crippen molar-refractivity contribution in [1.82, 2.24) is 4.90 Å². The van der Waals surface area contributed by atoms with Gasteiger partial charge in [0.05, 0.1) is 11.0 Å². The number of rotatable bonds is 4. The molecule has 1 fully saturated rings. The highest BCUT2D eigenvalue weighted by molar-refractivity contribution is 5.81. The first-order valence-electron chi connectivity index (χ1n) is 10.8. The van der Waals surface area contributed by atoms with E-state index in [-0.39, 0.29) is 24.0 Å². The third-order valence-electron chi connectivity index (χ3n) is 7.54. The molecule has 1 spiro atoms. The molecular formula is C23H27NO8. The molecule has 1 saturated heterocycles. The van der Waals surface area contributed by atoms with Crippen molar-refractivity contribution in [2.24, 2.45) is 0 Å². The molecule has 2 aliphatic heterocycles. The molecule has 2 heterocycles. The Kier molecular flexibility index (Phi) is 4.60. The number of likely N-dealkylation sites (N-methyl/N-ethyl adjacent to an activating group) is 1. The van der Waals surface area contributed by atoms with Gasteiger partial charge in [0.2, 0.25) is 0 Å². The third-order valence-corrected chi connectivity index (χ3v) is 7.54. The summed E-state index contributed by atoms with van der Waals surface area (Å²) < 4.78 is 16.8. The van der Waals surface area contributed by atoms with E-state index >= 15 is 0 Å². The minimum atomic E-state index is -1.36. The number of piperidine rings is 1. The van der Waals surface area contributed by atoms with Crippen molar-refractivity contribution >= 4 is 11.9 Å². The molecule has 0 radical (unpaired) electrons. The lowest BCUT2D eigenvalue weighted by Crippen LogP contribution is -2.74. The average molecular weight is 445 g/mol. The van der Waals surface area contributed by atoms with Crippen LogP contribution < -0.4 is 4.74 Å². The molecule has 0 amide bonds. The minimum absolute atomic E-state index is 0.0165. The summed E-state index contributed by atoms with van der Waals surface area (Å²) in [6.45, 7) is 3.32. The number of esters is 2. The van der Waals surface area contributed by atoms with E-state index in [9.17, 15) is 24.9 Å². The molecule has 1 aromatic rings. The Hall–Kier alpha value is -2.62. The van der Waals surface area contributed by atoms with Crippen molar-refractivity contribution in [2.45, 2.75) is 68.5 Å². The summed E-state index contributed by atoms with van der Waals surface area (Å²) in [5, 5.41) is 31.9. The second kappa shape index (κ2) is 6.94. The van der Waals surface area contributed by atoms with Gasteiger partial charge in [-0.1, -0.05) is 6.07 Å². The monoisotopic (exact) mass is 445 g/mol. The van der Waals surface area contributed by atoms with Crippen molar-refractivity contribution in [3.05, 3.63) is 35.1 Å². The van der Waals surface area contributed by atoms with Gasteiger partial charge in [-0.25, -0.2) is 9.59 Å². The summed E-state index contributed by atoms with van der Waals surface area (Å²) in [6.07, 6.45) is -0.302. The summed E-state index contributed by atoms with van der Waals surface area (Å²) in [5.41, 5.74) is -0.217. The van der Waals surface area contributed by atoms with Crippen LogP contribution in [0.4, 0.5) is 0 Å². The fourth-order valence-electron chi connectivity index (χ4n) is 5.96. The Morgan fingerprint density at radius 1 is 1.28 bits per heavy atom. The molecule has 5 rings (SSSR count). The number of benzene rings is 1. The summed E-state index contributed by atoms with van der Waals surface area (Å²) in [4.78, 5) is 26.5. The maximum Gasteiger partial charge on any atom is 0.352 e. The number of likely N-dealkylation sites (tertiary alicyclic amines) is 1. The van der Waals surface area contributed by atoms with Gasteiger partial charge < -0.3 is 34.4 Å². The van der Waals surface area contributed by atoms with E-state index in [2.05, 4.69) is 4.90 Å². The maximum absolute atomic E-state index is 12.7. The molecule has 4 aliphatic rings. The van der Waals surface area contributed by atoms with Crippen LogP contribution in [0.25, 0.3) is 0 Å². The van der Waals surface area contributed by atoms with Crippen LogP contribution in [0.3, 0.4) is 0 Å². The first kappa shape index (κ1) is 21.2. The number of aliphatic hydroxyl groups is 2. The Morgan fingerprint density at radius 3 is 2.75 bits per heavy atom. The molecule has 1 aromatic carbocycles. The van der Waals surface area contributed by atoms with Gasteiger partial charge in [0.25, 0.3) is 0 Å². The van der Waals surface area contributed by atoms with Crippen molar-refractivity contribution in [2.75, 3.05) is 13.6 Å². The van der Waals surface area contributed by atoms with E-state index in [1.165, 1.54) is 13.8 Å². The molecule has 9 heteroatoms. The normalized spacial score (nSPS) is 34.0. The van der Waals surface area contributed by atoms with Gasteiger partial charge in [-0.05, 0) is 58.0 Å². The second-order valence-corrected chi connectivity index (χ2v) is 9.28. The summed E-state index contributed by atoms with van der Waals surface area (Å²) in [7, 11) is 1.99. The van der Waals surface area contributed by atoms with Crippen LogP contribution >= 0.6 is 0 Å². The number of hydrogen-bond donors (Lipinski definition) is 3. The van der Waals surface area contributed by atoms with Gasteiger partial charge >= 0.3 is 11.9 Å². The lowest BCUT2D eigenvalue weighted by atomic mass is 9.50. The standard InChI is InChI=1S/C23H27NO8/c1-11(25)20(27)30-12(2)21(28)31-15-6-7-23(29)16-10-13-4-5-14(26)18-17(13)22(23,19(15)32-18)8-9-24(16)3/h4-6,11-12,16,19,25-26,29H,7-10H2,1-3H3/t11-,12?,16+,19-,22-,23+/m0/s1. The predicted octanol–water partition coefficient (Wildman–Crippen LogP) is 0.526. The summed E-state index contributed by atoms with van der Waals surface area (Å²) in [5.74, 6) is -1.20. The molecule has 2 bridgehead atoms. The van der Waals surface area contributed by atoms with E-state index in [0.717, 1.165) is 11.1 Å². The minimum Gasteiger partial charge on any atom is -0.504 e. The molecule has 172 valence electrons. The smallest absolute Gasteiger partial charge is 0.352 e. The number of ether oxygens (including phenoxy) is 3. The second-order valence-electron chi connectivity index (χ2n) is 9.28. The molecule has 6 atom stereocenters. The van der Waals surface area contributed by atoms with Crippen molar-refractivity contribution in [3.63, 3.8) is 0 Å². The number of aliphatic hydroxyl groups excluding tert-OH is 1. The van der Waals surface area contributed by atoms with Crippen LogP contribution in [0, 0.1) is 0 Å². The number of nitrogens with zero attached hydrogens (tertiary/aromatic N) is 1. The molecule has 0 aromatic heterocycles. The van der Waals surface area contributed by atoms with Gasteiger partial charge in [0, 0.05) is 18.0 Å². The largest absolute Gasteiger partial charge is 0.504 e. The van der Waals surface area contributed by atoms with E-state index in [4.69, 9.17) is 14.2 Å². The molecule has 32 heavy (non-hydrogen) atoms. The zero-order valence-electron chi connectivity index (χ0n) is 18.2. The van der Waals surface area contributed by atoms with Gasteiger partial charge in [0.1, 0.15) is 11.9 Å². The lowest BCUT2D eigenvalue weighted by molar-refractivity contribution is -0.177. The van der Waals surface area contributed by atoms with Crippen LogP contribution in [0.15, 0.2) is 24.0 Å². The number of phenols is 1. The van der Waals surface area contributed by atoms with E-state index < -0.39 is 41.3 Å². The van der Waals surface area contributed by atoms with Crippen LogP contribution in [-0.2, 0) is 30.9 Å². The number of aromatic hydroxyl groups is 1. The fraction of sp³-hybridized carbons (Fsp3) is 0.565. The van der Waals surface area contributed by atoms with Crippen LogP contribution in [-0.4, -0.2) is 75.7 Å². The number of carbonyl (C=O) groups excluding carboxylic acids is 2. The van der Waals surface area contributed by atoms with E-state index in [1.807, 2.05) is 13.1 Å². The van der Waals surface area contributed by atoms with Gasteiger partial charge in [0.15, 0.2) is 23.7 Å². The van der Waals surface area contributed by atoms with E-state index in [1.54, 1.807) is 12.1 Å². The number of hydrogen-bond acceptors (Lipinski definition) is 9.